The Morgan fingerprint density at radius 2 is 1.95 bits per heavy atom. The number of nitrogens with one attached hydrogen (secondary N) is 1. The van der Waals surface area contributed by atoms with Crippen molar-refractivity contribution in [1.29, 1.82) is 0 Å². The fraction of sp³-hybridized carbons (Fsp3) is 0.294. The Bertz CT molecular complexity index is 589. The van der Waals surface area contributed by atoms with Gasteiger partial charge < -0.3 is 5.32 Å². The van der Waals surface area contributed by atoms with Gasteiger partial charge in [0.05, 0.1) is 0 Å². The Balaban J connectivity index is 2.07. The molecule has 0 aliphatic rings. The molecular weight excluding hydrogens is 366 g/mol. The fourth-order valence-electron chi connectivity index (χ4n) is 1.98. The Labute approximate surface area is 144 Å². The van der Waals surface area contributed by atoms with E-state index in [2.05, 4.69) is 52.4 Å². The summed E-state index contributed by atoms with van der Waals surface area (Å²) in [6.45, 7) is 4.14. The molecular formula is C17H19BrClNS. The second-order valence-electron chi connectivity index (χ2n) is 4.81. The molecule has 112 valence electrons. The van der Waals surface area contributed by atoms with Crippen LogP contribution in [0.3, 0.4) is 0 Å². The van der Waals surface area contributed by atoms with Gasteiger partial charge in [-0.05, 0) is 42.3 Å². The maximum Gasteiger partial charge on any atom is 0.0446 e. The average molecular weight is 385 g/mol. The van der Waals surface area contributed by atoms with Crippen molar-refractivity contribution in [3.05, 3.63) is 63.1 Å². The van der Waals surface area contributed by atoms with Crippen LogP contribution in [0.5, 0.6) is 0 Å². The van der Waals surface area contributed by atoms with Crippen LogP contribution in [0.25, 0.3) is 0 Å². The van der Waals surface area contributed by atoms with Gasteiger partial charge in [-0.15, -0.1) is 11.8 Å². The monoisotopic (exact) mass is 383 g/mol. The van der Waals surface area contributed by atoms with E-state index in [9.17, 15) is 0 Å². The Kier molecular flexibility index (Phi) is 7.11. The molecule has 0 bridgehead atoms. The quantitative estimate of drug-likeness (QED) is 0.471. The van der Waals surface area contributed by atoms with E-state index >= 15 is 0 Å². The van der Waals surface area contributed by atoms with Gasteiger partial charge in [-0.1, -0.05) is 58.7 Å². The summed E-state index contributed by atoms with van der Waals surface area (Å²) in [6.07, 6.45) is 1.15. The number of rotatable bonds is 7. The predicted molar refractivity (Wildman–Crippen MR) is 97.2 cm³/mol. The molecule has 0 aliphatic heterocycles. The summed E-state index contributed by atoms with van der Waals surface area (Å²) >= 11 is 11.6. The minimum Gasteiger partial charge on any atom is -0.313 e. The molecule has 0 saturated heterocycles. The summed E-state index contributed by atoms with van der Waals surface area (Å²) in [4.78, 5) is 1.30. The van der Waals surface area contributed by atoms with Crippen LogP contribution >= 0.6 is 39.3 Å². The SMILES string of the molecule is CCCNCc1ccc(Br)cc1SCc1ccccc1Cl. The van der Waals surface area contributed by atoms with Crippen molar-refractivity contribution in [3.8, 4) is 0 Å². The number of hydrogen-bond donors (Lipinski definition) is 1. The van der Waals surface area contributed by atoms with E-state index in [1.807, 2.05) is 30.0 Å². The van der Waals surface area contributed by atoms with Crippen molar-refractivity contribution in [2.24, 2.45) is 0 Å². The summed E-state index contributed by atoms with van der Waals surface area (Å²) in [7, 11) is 0. The highest BCUT2D eigenvalue weighted by molar-refractivity contribution is 9.10. The van der Waals surface area contributed by atoms with Crippen LogP contribution in [-0.4, -0.2) is 6.54 Å². The molecule has 0 aliphatic carbocycles. The van der Waals surface area contributed by atoms with E-state index in [0.29, 0.717) is 0 Å². The van der Waals surface area contributed by atoms with E-state index in [-0.39, 0.29) is 0 Å². The molecule has 2 rings (SSSR count). The van der Waals surface area contributed by atoms with Crippen molar-refractivity contribution in [1.82, 2.24) is 5.32 Å². The zero-order valence-electron chi connectivity index (χ0n) is 12.0. The van der Waals surface area contributed by atoms with Gasteiger partial charge in [0.1, 0.15) is 0 Å². The smallest absolute Gasteiger partial charge is 0.0446 e. The zero-order chi connectivity index (χ0) is 15.1. The molecule has 0 aromatic heterocycles. The second kappa shape index (κ2) is 8.84. The van der Waals surface area contributed by atoms with E-state index in [1.54, 1.807) is 0 Å². The highest BCUT2D eigenvalue weighted by atomic mass is 79.9. The topological polar surface area (TPSA) is 12.0 Å². The van der Waals surface area contributed by atoms with Gasteiger partial charge >= 0.3 is 0 Å². The van der Waals surface area contributed by atoms with Crippen LogP contribution in [0.4, 0.5) is 0 Å². The minimum absolute atomic E-state index is 0.839. The average Bonchev–Trinajstić information content (AvgIpc) is 2.48. The van der Waals surface area contributed by atoms with Crippen molar-refractivity contribution in [2.45, 2.75) is 30.5 Å². The number of halogens is 2. The third kappa shape index (κ3) is 5.33. The Morgan fingerprint density at radius 3 is 2.71 bits per heavy atom. The molecule has 2 aromatic carbocycles. The molecule has 0 radical (unpaired) electrons. The van der Waals surface area contributed by atoms with Gasteiger partial charge in [-0.25, -0.2) is 0 Å². The molecule has 0 heterocycles. The van der Waals surface area contributed by atoms with Crippen LogP contribution in [0.15, 0.2) is 51.8 Å². The molecule has 0 unspecified atom stereocenters. The summed E-state index contributed by atoms with van der Waals surface area (Å²) < 4.78 is 1.11. The lowest BCUT2D eigenvalue weighted by Crippen LogP contribution is -2.14. The lowest BCUT2D eigenvalue weighted by Gasteiger charge is -2.11. The number of hydrogen-bond acceptors (Lipinski definition) is 2. The molecule has 0 amide bonds. The normalized spacial score (nSPS) is 10.8. The van der Waals surface area contributed by atoms with Gasteiger partial charge in [-0.3, -0.25) is 0 Å². The number of benzene rings is 2. The molecule has 0 spiro atoms. The van der Waals surface area contributed by atoms with Gasteiger partial charge in [0.15, 0.2) is 0 Å². The fourth-order valence-corrected chi connectivity index (χ4v) is 3.87. The first kappa shape index (κ1) is 16.9. The molecule has 0 fully saturated rings. The van der Waals surface area contributed by atoms with E-state index in [0.717, 1.165) is 34.8 Å². The first-order valence-electron chi connectivity index (χ1n) is 7.06. The van der Waals surface area contributed by atoms with Crippen LogP contribution in [0.2, 0.25) is 5.02 Å². The molecule has 1 N–H and O–H groups in total. The highest BCUT2D eigenvalue weighted by Crippen LogP contribution is 2.31. The minimum atomic E-state index is 0.839. The van der Waals surface area contributed by atoms with Crippen LogP contribution in [0, 0.1) is 0 Å². The molecule has 21 heavy (non-hydrogen) atoms. The molecule has 0 saturated carbocycles. The van der Waals surface area contributed by atoms with Crippen molar-refractivity contribution in [2.75, 3.05) is 6.54 Å². The van der Waals surface area contributed by atoms with Crippen molar-refractivity contribution >= 4 is 39.3 Å². The summed E-state index contributed by atoms with van der Waals surface area (Å²) in [6, 6.07) is 14.5. The Hall–Kier alpha value is -0.480. The number of thioether (sulfide) groups is 1. The maximum absolute atomic E-state index is 6.23. The summed E-state index contributed by atoms with van der Waals surface area (Å²) in [5.74, 6) is 0.886. The van der Waals surface area contributed by atoms with Crippen molar-refractivity contribution in [3.63, 3.8) is 0 Å². The van der Waals surface area contributed by atoms with Gasteiger partial charge in [0, 0.05) is 26.7 Å². The molecule has 2 aromatic rings. The molecule has 1 nitrogen and oxygen atoms in total. The van der Waals surface area contributed by atoms with E-state index in [4.69, 9.17) is 11.6 Å². The van der Waals surface area contributed by atoms with Crippen molar-refractivity contribution < 1.29 is 0 Å². The Morgan fingerprint density at radius 1 is 1.14 bits per heavy atom. The van der Waals surface area contributed by atoms with Gasteiger partial charge in [0.2, 0.25) is 0 Å². The van der Waals surface area contributed by atoms with E-state index < -0.39 is 0 Å². The molecule has 0 atom stereocenters. The zero-order valence-corrected chi connectivity index (χ0v) is 15.2. The summed E-state index contributed by atoms with van der Waals surface area (Å²) in [5.41, 5.74) is 2.51. The second-order valence-corrected chi connectivity index (χ2v) is 7.15. The highest BCUT2D eigenvalue weighted by Gasteiger charge is 2.06. The lowest BCUT2D eigenvalue weighted by atomic mass is 10.2. The third-order valence-corrected chi connectivity index (χ3v) is 5.12. The first-order chi connectivity index (χ1) is 10.2. The lowest BCUT2D eigenvalue weighted by molar-refractivity contribution is 0.669. The van der Waals surface area contributed by atoms with Crippen LogP contribution in [0.1, 0.15) is 24.5 Å². The summed E-state index contributed by atoms with van der Waals surface area (Å²) in [5, 5.41) is 4.30. The molecule has 4 heteroatoms. The first-order valence-corrected chi connectivity index (χ1v) is 9.21. The van der Waals surface area contributed by atoms with Gasteiger partial charge in [0.25, 0.3) is 0 Å². The maximum atomic E-state index is 6.23. The van der Waals surface area contributed by atoms with E-state index in [1.165, 1.54) is 16.0 Å². The largest absolute Gasteiger partial charge is 0.313 e. The standard InChI is InChI=1S/C17H19BrClNS/c1-2-9-20-11-13-7-8-15(18)10-17(13)21-12-14-5-3-4-6-16(14)19/h3-8,10,20H,2,9,11-12H2,1H3. The predicted octanol–water partition coefficient (Wildman–Crippen LogP) is 5.89. The van der Waals surface area contributed by atoms with Crippen LogP contribution in [-0.2, 0) is 12.3 Å². The van der Waals surface area contributed by atoms with Gasteiger partial charge in [-0.2, -0.15) is 0 Å². The van der Waals surface area contributed by atoms with Crippen LogP contribution < -0.4 is 5.32 Å². The third-order valence-electron chi connectivity index (χ3n) is 3.11.